The van der Waals surface area contributed by atoms with Crippen molar-refractivity contribution in [1.82, 2.24) is 0 Å². The van der Waals surface area contributed by atoms with Gasteiger partial charge in [0.25, 0.3) is 0 Å². The minimum Gasteiger partial charge on any atom is 0 e. The van der Waals surface area contributed by atoms with E-state index in [9.17, 15) is 52.7 Å². The zero-order valence-corrected chi connectivity index (χ0v) is 34.9. The van der Waals surface area contributed by atoms with E-state index >= 15 is 0 Å². The van der Waals surface area contributed by atoms with E-state index in [0.29, 0.717) is 0 Å². The van der Waals surface area contributed by atoms with Crippen LogP contribution in [0.3, 0.4) is 0 Å². The first kappa shape index (κ1) is 53.5. The molecule has 0 aliphatic heterocycles. The number of halogens is 12. The molecule has 18 heteroatoms. The summed E-state index contributed by atoms with van der Waals surface area (Å²) in [4.78, 5) is 0. The summed E-state index contributed by atoms with van der Waals surface area (Å²) >= 11 is 5.31. The molecule has 0 heterocycles. The van der Waals surface area contributed by atoms with Gasteiger partial charge in [-0.2, -0.15) is 27.8 Å². The monoisotopic (exact) mass is 1030 g/mol. The van der Waals surface area contributed by atoms with Crippen LogP contribution >= 0.6 is 0 Å². The molecule has 0 aromatic heterocycles. The van der Waals surface area contributed by atoms with Crippen molar-refractivity contribution in [3.05, 3.63) is 74.6 Å². The minimum atomic E-state index is -4.99. The van der Waals surface area contributed by atoms with Crippen LogP contribution in [0.1, 0.15) is 62.4 Å². The van der Waals surface area contributed by atoms with E-state index in [4.69, 9.17) is 0 Å². The summed E-state index contributed by atoms with van der Waals surface area (Å²) in [5, 5.41) is 0. The van der Waals surface area contributed by atoms with Gasteiger partial charge in [0.05, 0.1) is 0 Å². The molecule has 0 saturated carbocycles. The van der Waals surface area contributed by atoms with E-state index in [2.05, 4.69) is 69.2 Å². The van der Waals surface area contributed by atoms with Gasteiger partial charge in [-0.05, 0) is 0 Å². The van der Waals surface area contributed by atoms with Crippen molar-refractivity contribution >= 4 is 64.1 Å². The van der Waals surface area contributed by atoms with E-state index in [0.717, 1.165) is 0 Å². The number of alkyl halides is 12. The first-order chi connectivity index (χ1) is 19.2. The molecule has 1 aromatic carbocycles. The topological polar surface area (TPSA) is 0 Å². The van der Waals surface area contributed by atoms with Crippen LogP contribution < -0.4 is 0 Å². The smallest absolute Gasteiger partial charge is 0 e. The Morgan fingerprint density at radius 3 is 0.783 bits per heavy atom. The third-order valence-electron chi connectivity index (χ3n) is 7.07. The predicted octanol–water partition coefficient (Wildman–Crippen LogP) is 9.38. The van der Waals surface area contributed by atoms with Crippen LogP contribution in [0, 0.1) is 52.4 Å². The normalized spacial score (nSPS) is 15.6. The maximum atomic E-state index is 11.6. The van der Waals surface area contributed by atoms with Crippen LogP contribution in [0.5, 0.6) is 0 Å². The second-order valence-corrected chi connectivity index (χ2v) is 13.0. The summed E-state index contributed by atoms with van der Waals surface area (Å²) in [6.45, 7) is 22.0. The van der Waals surface area contributed by atoms with Crippen molar-refractivity contribution in [3.8, 4) is 0 Å². The Balaban J connectivity index is -0.000000253. The molecule has 0 bridgehead atoms. The molecule has 0 N–H and O–H groups in total. The molecule has 0 spiro atoms. The Hall–Kier alpha value is 0.691. The first-order valence-corrected chi connectivity index (χ1v) is 15.5. The number of hydrogen-bond donors (Lipinski definition) is 0. The van der Waals surface area contributed by atoms with Gasteiger partial charge in [-0.1, -0.05) is 67.2 Å². The molecule has 2 rings (SSSR count). The molecule has 0 unspecified atom stereocenters. The molecule has 1 aliphatic carbocycles. The largest absolute Gasteiger partial charge is 0 e. The molecule has 0 amide bonds. The van der Waals surface area contributed by atoms with Gasteiger partial charge in [-0.15, -0.1) is 13.8 Å². The molecular weight excluding hydrogens is 994 g/mol. The molecule has 1 aromatic rings. The summed E-state index contributed by atoms with van der Waals surface area (Å²) in [5.74, 6) is 4.40. The quantitative estimate of drug-likeness (QED) is 0.138. The van der Waals surface area contributed by atoms with E-state index in [-0.39, 0.29) is 33.6 Å². The standard InChI is InChI=1S/2C10H15.2C4F6Se2.Mn.Ni/c2*1-6-7(2)9(4)10(5)8(6)3;2*5-3(6,7)1(11)2(12)4(8,9)10;;/h2*1-5H3;;;;/q2*-1;;;;/b;;2*2-1-;;. The fourth-order valence-corrected chi connectivity index (χ4v) is 4.30. The average Bonchev–Trinajstić information content (AvgIpc) is 3.15. The van der Waals surface area contributed by atoms with Gasteiger partial charge in [0.2, 0.25) is 0 Å². The van der Waals surface area contributed by atoms with Crippen molar-refractivity contribution in [2.24, 2.45) is 0 Å². The Kier molecular flexibility index (Phi) is 23.9. The van der Waals surface area contributed by atoms with Crippen molar-refractivity contribution < 1.29 is 86.2 Å². The average molecular weight is 1020 g/mol. The maximum Gasteiger partial charge on any atom is 0 e. The summed E-state index contributed by atoms with van der Waals surface area (Å²) in [6.07, 6.45) is -20.0. The molecule has 7 radical (unpaired) electrons. The zero-order chi connectivity index (χ0) is 36.1. The van der Waals surface area contributed by atoms with Gasteiger partial charge in [-0.25, -0.2) is 17.1 Å². The SMILES string of the molecule is C[C]1[C](C)[C-](C)C(C)=C1C.Cc1c(C)c(C)[c-](C)c1C.FC(F)(F)/C([Se])=C(/[Se])C(F)(F)F.FC(F)(F)/C([Se])=C(/[Se])C(F)(F)F.[Mn].[Ni]. The fraction of sp³-hybridized carbons (Fsp3) is 0.500. The molecule has 0 atom stereocenters. The van der Waals surface area contributed by atoms with Crippen LogP contribution in [0.2, 0.25) is 0 Å². The van der Waals surface area contributed by atoms with Gasteiger partial charge in [0, 0.05) is 33.6 Å². The van der Waals surface area contributed by atoms with E-state index in [1.165, 1.54) is 121 Å². The Morgan fingerprint density at radius 2 is 0.717 bits per heavy atom. The minimum absolute atomic E-state index is 0. The van der Waals surface area contributed by atoms with Crippen molar-refractivity contribution in [3.63, 3.8) is 0 Å². The Bertz CT molecular complexity index is 1030. The van der Waals surface area contributed by atoms with Crippen LogP contribution in [0.4, 0.5) is 52.7 Å². The van der Waals surface area contributed by atoms with E-state index in [1.807, 2.05) is 0 Å². The maximum absolute atomic E-state index is 11.6. The third-order valence-corrected chi connectivity index (χ3v) is 12.0. The summed E-state index contributed by atoms with van der Waals surface area (Å²) in [7, 11) is 0. The summed E-state index contributed by atoms with van der Waals surface area (Å²) in [6, 6.07) is 0. The number of hydrogen-bond acceptors (Lipinski definition) is 0. The second-order valence-electron chi connectivity index (χ2n) is 9.56. The second kappa shape index (κ2) is 20.5. The molecule has 0 saturated heterocycles. The van der Waals surface area contributed by atoms with Crippen molar-refractivity contribution in [2.45, 2.75) is 93.9 Å². The number of rotatable bonds is 0. The van der Waals surface area contributed by atoms with Crippen LogP contribution in [-0.2, 0) is 33.6 Å². The summed E-state index contributed by atoms with van der Waals surface area (Å²) in [5.41, 5.74) is 10.3. The Morgan fingerprint density at radius 1 is 0.500 bits per heavy atom. The molecule has 0 nitrogen and oxygen atoms in total. The molecule has 0 fully saturated rings. The molecule has 1 aliphatic rings. The van der Waals surface area contributed by atoms with E-state index in [1.54, 1.807) is 0 Å². The third kappa shape index (κ3) is 16.1. The van der Waals surface area contributed by atoms with Crippen molar-refractivity contribution in [1.29, 1.82) is 0 Å². The molecule has 269 valence electrons. The zero-order valence-electron chi connectivity index (χ0n) is 25.9. The van der Waals surface area contributed by atoms with Crippen LogP contribution in [0.25, 0.3) is 0 Å². The van der Waals surface area contributed by atoms with Gasteiger partial charge in [0.15, 0.2) is 0 Å². The molecular formula is C28H30F12MnNiSe4-2. The van der Waals surface area contributed by atoms with Crippen LogP contribution in [0.15, 0.2) is 29.0 Å². The fourth-order valence-electron chi connectivity index (χ4n) is 3.33. The predicted molar refractivity (Wildman–Crippen MR) is 152 cm³/mol. The van der Waals surface area contributed by atoms with Crippen LogP contribution in [-0.4, -0.2) is 88.8 Å². The van der Waals surface area contributed by atoms with Gasteiger partial charge in [0.1, 0.15) is 0 Å². The van der Waals surface area contributed by atoms with E-state index < -0.39 is 42.6 Å². The first-order valence-electron chi connectivity index (χ1n) is 12.1. The van der Waals surface area contributed by atoms with Gasteiger partial charge >= 0.3 is 159 Å². The van der Waals surface area contributed by atoms with Gasteiger partial charge in [-0.3, -0.25) is 0 Å². The Labute approximate surface area is 316 Å². The number of allylic oxidation sites excluding steroid dienone is 6. The molecule has 46 heavy (non-hydrogen) atoms. The van der Waals surface area contributed by atoms with Gasteiger partial charge < -0.3 is 0 Å². The summed E-state index contributed by atoms with van der Waals surface area (Å²) < 4.78 is 132. The van der Waals surface area contributed by atoms with Crippen molar-refractivity contribution in [2.75, 3.05) is 0 Å².